The minimum atomic E-state index is -0.395. The molecule has 0 saturated carbocycles. The van der Waals surface area contributed by atoms with E-state index in [-0.39, 0.29) is 12.4 Å². The average Bonchev–Trinajstić information content (AvgIpc) is 2.45. The molecule has 0 heterocycles. The second-order valence-electron chi connectivity index (χ2n) is 3.95. The van der Waals surface area contributed by atoms with E-state index in [2.05, 4.69) is 4.74 Å². The van der Waals surface area contributed by atoms with E-state index in [4.69, 9.17) is 4.74 Å². The van der Waals surface area contributed by atoms with Crippen molar-refractivity contribution in [2.75, 3.05) is 7.11 Å². The third-order valence-electron chi connectivity index (χ3n) is 2.76. The SMILES string of the molecule is COc1ccc(-c2ccc(COC=O)cc2)cc1F. The number of ether oxygens (including phenoxy) is 2. The molecule has 0 saturated heterocycles. The van der Waals surface area contributed by atoms with Gasteiger partial charge in [0.05, 0.1) is 7.11 Å². The Balaban J connectivity index is 2.22. The van der Waals surface area contributed by atoms with Crippen LogP contribution in [0.25, 0.3) is 11.1 Å². The number of hydrogen-bond acceptors (Lipinski definition) is 3. The predicted molar refractivity (Wildman–Crippen MR) is 69.2 cm³/mol. The van der Waals surface area contributed by atoms with Crippen molar-refractivity contribution in [3.05, 3.63) is 53.8 Å². The lowest BCUT2D eigenvalue weighted by atomic mass is 10.0. The Morgan fingerprint density at radius 2 is 1.79 bits per heavy atom. The van der Waals surface area contributed by atoms with Crippen LogP contribution < -0.4 is 4.74 Å². The summed E-state index contributed by atoms with van der Waals surface area (Å²) in [6.07, 6.45) is 0. The van der Waals surface area contributed by atoms with Crippen LogP contribution in [0.1, 0.15) is 5.56 Å². The third kappa shape index (κ3) is 3.10. The monoisotopic (exact) mass is 260 g/mol. The highest BCUT2D eigenvalue weighted by Gasteiger charge is 2.05. The van der Waals surface area contributed by atoms with Gasteiger partial charge in [0.2, 0.25) is 0 Å². The molecule has 3 nitrogen and oxygen atoms in total. The molecule has 2 rings (SSSR count). The summed E-state index contributed by atoms with van der Waals surface area (Å²) in [5.41, 5.74) is 2.53. The van der Waals surface area contributed by atoms with Crippen molar-refractivity contribution < 1.29 is 18.7 Å². The molecule has 0 unspecified atom stereocenters. The number of benzene rings is 2. The zero-order valence-corrected chi connectivity index (χ0v) is 10.4. The van der Waals surface area contributed by atoms with E-state index in [1.165, 1.54) is 13.2 Å². The zero-order chi connectivity index (χ0) is 13.7. The second kappa shape index (κ2) is 6.00. The number of carbonyl (C=O) groups excluding carboxylic acids is 1. The second-order valence-corrected chi connectivity index (χ2v) is 3.95. The van der Waals surface area contributed by atoms with Gasteiger partial charge in [0.15, 0.2) is 11.6 Å². The van der Waals surface area contributed by atoms with Gasteiger partial charge in [0.25, 0.3) is 6.47 Å². The van der Waals surface area contributed by atoms with Crippen molar-refractivity contribution in [3.63, 3.8) is 0 Å². The van der Waals surface area contributed by atoms with Crippen LogP contribution in [-0.4, -0.2) is 13.6 Å². The minimum absolute atomic E-state index is 0.222. The van der Waals surface area contributed by atoms with Gasteiger partial charge in [0, 0.05) is 0 Å². The molecule has 0 spiro atoms. The van der Waals surface area contributed by atoms with E-state index in [1.807, 2.05) is 24.3 Å². The largest absolute Gasteiger partial charge is 0.494 e. The lowest BCUT2D eigenvalue weighted by Gasteiger charge is -2.06. The molecule has 0 aliphatic rings. The van der Waals surface area contributed by atoms with Gasteiger partial charge in [-0.15, -0.1) is 0 Å². The fourth-order valence-electron chi connectivity index (χ4n) is 1.77. The minimum Gasteiger partial charge on any atom is -0.494 e. The van der Waals surface area contributed by atoms with E-state index in [9.17, 15) is 9.18 Å². The third-order valence-corrected chi connectivity index (χ3v) is 2.76. The van der Waals surface area contributed by atoms with Crippen molar-refractivity contribution in [2.45, 2.75) is 6.61 Å². The van der Waals surface area contributed by atoms with Crippen LogP contribution in [0.4, 0.5) is 4.39 Å². The van der Waals surface area contributed by atoms with Gasteiger partial charge in [-0.25, -0.2) is 4.39 Å². The Bertz CT molecular complexity index is 564. The van der Waals surface area contributed by atoms with Crippen molar-refractivity contribution >= 4 is 6.47 Å². The lowest BCUT2D eigenvalue weighted by Crippen LogP contribution is -1.91. The molecule has 2 aromatic carbocycles. The average molecular weight is 260 g/mol. The summed E-state index contributed by atoms with van der Waals surface area (Å²) >= 11 is 0. The molecule has 0 atom stereocenters. The maximum Gasteiger partial charge on any atom is 0.293 e. The van der Waals surface area contributed by atoms with Crippen LogP contribution in [0, 0.1) is 5.82 Å². The van der Waals surface area contributed by atoms with E-state index >= 15 is 0 Å². The van der Waals surface area contributed by atoms with Gasteiger partial charge in [-0.3, -0.25) is 4.79 Å². The van der Waals surface area contributed by atoms with Crippen LogP contribution in [0.15, 0.2) is 42.5 Å². The molecule has 19 heavy (non-hydrogen) atoms. The lowest BCUT2D eigenvalue weighted by molar-refractivity contribution is -0.129. The molecule has 0 aliphatic carbocycles. The zero-order valence-electron chi connectivity index (χ0n) is 10.4. The molecule has 98 valence electrons. The highest BCUT2D eigenvalue weighted by Crippen LogP contribution is 2.25. The quantitative estimate of drug-likeness (QED) is 0.774. The number of halogens is 1. The Labute approximate surface area is 110 Å². The van der Waals surface area contributed by atoms with E-state index in [0.717, 1.165) is 16.7 Å². The topological polar surface area (TPSA) is 35.5 Å². The first-order chi connectivity index (χ1) is 9.24. The predicted octanol–water partition coefficient (Wildman–Crippen LogP) is 3.17. The van der Waals surface area contributed by atoms with E-state index in [1.54, 1.807) is 12.1 Å². The molecule has 0 amide bonds. The summed E-state index contributed by atoms with van der Waals surface area (Å²) in [4.78, 5) is 10.1. The molecule has 2 aromatic rings. The number of carbonyl (C=O) groups is 1. The van der Waals surface area contributed by atoms with Crippen LogP contribution in [-0.2, 0) is 16.1 Å². The summed E-state index contributed by atoms with van der Waals surface area (Å²) in [6.45, 7) is 0.646. The van der Waals surface area contributed by atoms with E-state index < -0.39 is 5.82 Å². The highest BCUT2D eigenvalue weighted by molar-refractivity contribution is 5.64. The van der Waals surface area contributed by atoms with Gasteiger partial charge in [-0.1, -0.05) is 30.3 Å². The van der Waals surface area contributed by atoms with Gasteiger partial charge in [-0.2, -0.15) is 0 Å². The molecule has 0 radical (unpaired) electrons. The van der Waals surface area contributed by atoms with Gasteiger partial charge < -0.3 is 9.47 Å². The molecule has 0 N–H and O–H groups in total. The Kier molecular flexibility index (Phi) is 4.13. The number of methoxy groups -OCH3 is 1. The molecule has 0 bridgehead atoms. The van der Waals surface area contributed by atoms with Crippen molar-refractivity contribution in [3.8, 4) is 16.9 Å². The Hall–Kier alpha value is -2.36. The smallest absolute Gasteiger partial charge is 0.293 e. The fraction of sp³-hybridized carbons (Fsp3) is 0.133. The van der Waals surface area contributed by atoms with Crippen LogP contribution >= 0.6 is 0 Å². The first-order valence-electron chi connectivity index (χ1n) is 5.72. The van der Waals surface area contributed by atoms with Crippen LogP contribution in [0.2, 0.25) is 0 Å². The maximum absolute atomic E-state index is 13.6. The maximum atomic E-state index is 13.6. The molecule has 0 aromatic heterocycles. The standard InChI is InChI=1S/C15H13FO3/c1-18-15-7-6-13(8-14(15)16)12-4-2-11(3-5-12)9-19-10-17/h2-8,10H,9H2,1H3. The first kappa shape index (κ1) is 13.1. The molecular weight excluding hydrogens is 247 g/mol. The molecule has 4 heteroatoms. The van der Waals surface area contributed by atoms with Crippen LogP contribution in [0.3, 0.4) is 0 Å². The summed E-state index contributed by atoms with van der Waals surface area (Å²) in [6, 6.07) is 12.2. The molecule has 0 fully saturated rings. The first-order valence-corrected chi connectivity index (χ1v) is 5.72. The Morgan fingerprint density at radius 3 is 2.37 bits per heavy atom. The van der Waals surface area contributed by atoms with Gasteiger partial charge in [0.1, 0.15) is 6.61 Å². The van der Waals surface area contributed by atoms with Crippen molar-refractivity contribution in [2.24, 2.45) is 0 Å². The van der Waals surface area contributed by atoms with Gasteiger partial charge >= 0.3 is 0 Å². The summed E-state index contributed by atoms with van der Waals surface area (Å²) < 4.78 is 23.1. The summed E-state index contributed by atoms with van der Waals surface area (Å²) in [7, 11) is 1.43. The molecular formula is C15H13FO3. The van der Waals surface area contributed by atoms with Crippen molar-refractivity contribution in [1.29, 1.82) is 0 Å². The summed E-state index contributed by atoms with van der Waals surface area (Å²) in [5, 5.41) is 0. The fourth-order valence-corrected chi connectivity index (χ4v) is 1.77. The van der Waals surface area contributed by atoms with Crippen molar-refractivity contribution in [1.82, 2.24) is 0 Å². The van der Waals surface area contributed by atoms with Gasteiger partial charge in [-0.05, 0) is 28.8 Å². The number of hydrogen-bond donors (Lipinski definition) is 0. The number of rotatable bonds is 5. The normalized spacial score (nSPS) is 10.0. The van der Waals surface area contributed by atoms with Crippen LogP contribution in [0.5, 0.6) is 5.75 Å². The molecule has 0 aliphatic heterocycles. The Morgan fingerprint density at radius 1 is 1.11 bits per heavy atom. The summed E-state index contributed by atoms with van der Waals surface area (Å²) in [5.74, 6) is -0.173. The van der Waals surface area contributed by atoms with E-state index in [0.29, 0.717) is 6.47 Å². The highest BCUT2D eigenvalue weighted by atomic mass is 19.1.